The SMILES string of the molecule is CC1CCC2CC3C(C)CCCC3C2C1. The highest BCUT2D eigenvalue weighted by Crippen LogP contribution is 2.56. The van der Waals surface area contributed by atoms with E-state index in [0.29, 0.717) is 0 Å². The third-order valence-corrected chi connectivity index (χ3v) is 5.91. The minimum Gasteiger partial charge on any atom is -0.0625 e. The van der Waals surface area contributed by atoms with Crippen LogP contribution in [0, 0.1) is 35.5 Å². The Labute approximate surface area is 94.8 Å². The van der Waals surface area contributed by atoms with Crippen LogP contribution in [0.2, 0.25) is 0 Å². The molecule has 0 bridgehead atoms. The number of hydrogen-bond acceptors (Lipinski definition) is 0. The second-order valence-electron chi connectivity index (χ2n) is 6.81. The largest absolute Gasteiger partial charge is 0.0625 e. The molecule has 0 heteroatoms. The van der Waals surface area contributed by atoms with Crippen molar-refractivity contribution < 1.29 is 0 Å². The van der Waals surface area contributed by atoms with Gasteiger partial charge in [0.15, 0.2) is 0 Å². The Hall–Kier alpha value is 0. The maximum atomic E-state index is 2.53. The number of rotatable bonds is 0. The van der Waals surface area contributed by atoms with Gasteiger partial charge >= 0.3 is 0 Å². The molecule has 0 N–H and O–H groups in total. The Morgan fingerprint density at radius 1 is 0.733 bits per heavy atom. The van der Waals surface area contributed by atoms with Gasteiger partial charge in [0.1, 0.15) is 0 Å². The highest BCUT2D eigenvalue weighted by atomic mass is 14.5. The normalized spacial score (nSPS) is 54.8. The molecule has 0 heterocycles. The minimum atomic E-state index is 1.03. The number of hydrogen-bond donors (Lipinski definition) is 0. The maximum Gasteiger partial charge on any atom is -0.0352 e. The Balaban J connectivity index is 1.77. The number of fused-ring (bicyclic) bond motifs is 3. The van der Waals surface area contributed by atoms with Gasteiger partial charge in [0.2, 0.25) is 0 Å². The zero-order valence-corrected chi connectivity index (χ0v) is 10.4. The van der Waals surface area contributed by atoms with Crippen molar-refractivity contribution in [2.75, 3.05) is 0 Å². The molecule has 0 aliphatic heterocycles. The van der Waals surface area contributed by atoms with Crippen LogP contribution in [0.4, 0.5) is 0 Å². The molecule has 3 fully saturated rings. The third-order valence-electron chi connectivity index (χ3n) is 5.91. The summed E-state index contributed by atoms with van der Waals surface area (Å²) in [4.78, 5) is 0. The van der Waals surface area contributed by atoms with Crippen LogP contribution < -0.4 is 0 Å². The van der Waals surface area contributed by atoms with Crippen molar-refractivity contribution >= 4 is 0 Å². The fourth-order valence-electron chi connectivity index (χ4n) is 5.12. The van der Waals surface area contributed by atoms with Crippen LogP contribution in [0.25, 0.3) is 0 Å². The van der Waals surface area contributed by atoms with Gasteiger partial charge in [-0.3, -0.25) is 0 Å². The zero-order chi connectivity index (χ0) is 10.4. The molecule has 86 valence electrons. The molecule has 0 spiro atoms. The van der Waals surface area contributed by atoms with Gasteiger partial charge in [-0.05, 0) is 61.2 Å². The van der Waals surface area contributed by atoms with E-state index in [1.54, 1.807) is 25.7 Å². The van der Waals surface area contributed by atoms with Gasteiger partial charge in [0, 0.05) is 0 Å². The summed E-state index contributed by atoms with van der Waals surface area (Å²) in [5.74, 6) is 6.62. The summed E-state index contributed by atoms with van der Waals surface area (Å²) in [7, 11) is 0. The van der Waals surface area contributed by atoms with Crippen molar-refractivity contribution in [2.45, 2.75) is 58.8 Å². The molecule has 0 nitrogen and oxygen atoms in total. The summed E-state index contributed by atoms with van der Waals surface area (Å²) in [6.45, 7) is 5.01. The summed E-state index contributed by atoms with van der Waals surface area (Å²) in [5, 5.41) is 0. The van der Waals surface area contributed by atoms with Crippen molar-refractivity contribution in [1.82, 2.24) is 0 Å². The molecular formula is C15H26. The Morgan fingerprint density at radius 2 is 1.60 bits per heavy atom. The third kappa shape index (κ3) is 1.65. The summed E-state index contributed by atoms with van der Waals surface area (Å²) >= 11 is 0. The molecule has 0 saturated heterocycles. The molecule has 3 aliphatic carbocycles. The van der Waals surface area contributed by atoms with Gasteiger partial charge in [-0.25, -0.2) is 0 Å². The maximum absolute atomic E-state index is 2.53. The second kappa shape index (κ2) is 3.79. The molecule has 0 aromatic carbocycles. The highest BCUT2D eigenvalue weighted by Gasteiger charge is 2.47. The van der Waals surface area contributed by atoms with E-state index < -0.39 is 0 Å². The van der Waals surface area contributed by atoms with E-state index in [1.165, 1.54) is 19.3 Å². The summed E-state index contributed by atoms with van der Waals surface area (Å²) in [5.41, 5.74) is 0. The summed E-state index contributed by atoms with van der Waals surface area (Å²) < 4.78 is 0. The minimum absolute atomic E-state index is 1.03. The lowest BCUT2D eigenvalue weighted by molar-refractivity contribution is 0.131. The van der Waals surface area contributed by atoms with Gasteiger partial charge in [0.05, 0.1) is 0 Å². The Morgan fingerprint density at radius 3 is 2.47 bits per heavy atom. The van der Waals surface area contributed by atoms with Gasteiger partial charge in [-0.15, -0.1) is 0 Å². The topological polar surface area (TPSA) is 0 Å². The molecule has 3 rings (SSSR count). The molecule has 0 amide bonds. The molecule has 0 radical (unpaired) electrons. The average molecular weight is 206 g/mol. The molecule has 3 saturated carbocycles. The van der Waals surface area contributed by atoms with Crippen LogP contribution in [-0.2, 0) is 0 Å². The lowest BCUT2D eigenvalue weighted by Gasteiger charge is -2.37. The van der Waals surface area contributed by atoms with Gasteiger partial charge in [-0.2, -0.15) is 0 Å². The second-order valence-corrected chi connectivity index (χ2v) is 6.81. The van der Waals surface area contributed by atoms with Crippen LogP contribution >= 0.6 is 0 Å². The van der Waals surface area contributed by atoms with Gasteiger partial charge in [0.25, 0.3) is 0 Å². The molecule has 3 aliphatic rings. The van der Waals surface area contributed by atoms with E-state index in [-0.39, 0.29) is 0 Å². The van der Waals surface area contributed by atoms with E-state index in [9.17, 15) is 0 Å². The average Bonchev–Trinajstić information content (AvgIpc) is 2.58. The predicted molar refractivity (Wildman–Crippen MR) is 64.6 cm³/mol. The van der Waals surface area contributed by atoms with Crippen molar-refractivity contribution in [2.24, 2.45) is 35.5 Å². The van der Waals surface area contributed by atoms with Crippen molar-refractivity contribution in [1.29, 1.82) is 0 Å². The molecule has 6 unspecified atom stereocenters. The monoisotopic (exact) mass is 206 g/mol. The summed E-state index contributed by atoms with van der Waals surface area (Å²) in [6, 6.07) is 0. The molecule has 0 aromatic heterocycles. The zero-order valence-electron chi connectivity index (χ0n) is 10.4. The van der Waals surface area contributed by atoms with Crippen LogP contribution in [-0.4, -0.2) is 0 Å². The van der Waals surface area contributed by atoms with E-state index in [1.807, 2.05) is 0 Å². The van der Waals surface area contributed by atoms with Crippen LogP contribution in [0.3, 0.4) is 0 Å². The van der Waals surface area contributed by atoms with E-state index >= 15 is 0 Å². The lowest BCUT2D eigenvalue weighted by Crippen LogP contribution is -2.28. The van der Waals surface area contributed by atoms with Crippen molar-refractivity contribution in [3.8, 4) is 0 Å². The van der Waals surface area contributed by atoms with Gasteiger partial charge < -0.3 is 0 Å². The summed E-state index contributed by atoms with van der Waals surface area (Å²) in [6.07, 6.45) is 10.9. The van der Waals surface area contributed by atoms with E-state index in [4.69, 9.17) is 0 Å². The standard InChI is InChI=1S/C15H26/c1-10-6-7-12-9-14-11(2)4-3-5-13(14)15(12)8-10/h10-15H,3-9H2,1-2H3. The van der Waals surface area contributed by atoms with E-state index in [0.717, 1.165) is 35.5 Å². The highest BCUT2D eigenvalue weighted by molar-refractivity contribution is 4.97. The van der Waals surface area contributed by atoms with Gasteiger partial charge in [-0.1, -0.05) is 33.1 Å². The fourth-order valence-corrected chi connectivity index (χ4v) is 5.12. The predicted octanol–water partition coefficient (Wildman–Crippen LogP) is 4.49. The Bertz CT molecular complexity index is 232. The molecule has 15 heavy (non-hydrogen) atoms. The Kier molecular flexibility index (Phi) is 2.57. The first-order chi connectivity index (χ1) is 7.25. The van der Waals surface area contributed by atoms with Crippen LogP contribution in [0.1, 0.15) is 58.8 Å². The van der Waals surface area contributed by atoms with Crippen LogP contribution in [0.5, 0.6) is 0 Å². The first kappa shape index (κ1) is 10.2. The smallest absolute Gasteiger partial charge is 0.0352 e. The van der Waals surface area contributed by atoms with Crippen molar-refractivity contribution in [3.05, 3.63) is 0 Å². The first-order valence-electron chi connectivity index (χ1n) is 7.25. The fraction of sp³-hybridized carbons (Fsp3) is 1.00. The molecule has 0 aromatic rings. The van der Waals surface area contributed by atoms with Crippen molar-refractivity contribution in [3.63, 3.8) is 0 Å². The molecule has 6 atom stereocenters. The van der Waals surface area contributed by atoms with Crippen LogP contribution in [0.15, 0.2) is 0 Å². The van der Waals surface area contributed by atoms with E-state index in [2.05, 4.69) is 13.8 Å². The first-order valence-corrected chi connectivity index (χ1v) is 7.25. The quantitative estimate of drug-likeness (QED) is 0.547. The molecular weight excluding hydrogens is 180 g/mol. The lowest BCUT2D eigenvalue weighted by atomic mass is 9.69.